The van der Waals surface area contributed by atoms with Gasteiger partial charge in [-0.2, -0.15) is 0 Å². The Kier molecular flexibility index (Phi) is 3.13. The largest absolute Gasteiger partial charge is 0.487 e. The Balaban J connectivity index is 1.77. The second kappa shape index (κ2) is 5.08. The molecule has 1 aliphatic heterocycles. The number of anilines is 1. The van der Waals surface area contributed by atoms with Gasteiger partial charge in [0, 0.05) is 24.0 Å². The molecule has 0 spiro atoms. The predicted molar refractivity (Wildman–Crippen MR) is 71.8 cm³/mol. The second-order valence-electron chi connectivity index (χ2n) is 4.46. The first-order valence-electron chi connectivity index (χ1n) is 6.31. The number of para-hydroxylation sites is 1. The highest BCUT2D eigenvalue weighted by Crippen LogP contribution is 2.26. The van der Waals surface area contributed by atoms with E-state index < -0.39 is 0 Å². The number of benzene rings is 1. The fourth-order valence-corrected chi connectivity index (χ4v) is 2.29. The lowest BCUT2D eigenvalue weighted by molar-refractivity contribution is 0.305. The van der Waals surface area contributed by atoms with Crippen molar-refractivity contribution in [3.63, 3.8) is 0 Å². The van der Waals surface area contributed by atoms with Gasteiger partial charge in [0.2, 0.25) is 0 Å². The van der Waals surface area contributed by atoms with Crippen LogP contribution < -0.4 is 10.1 Å². The van der Waals surface area contributed by atoms with Crippen molar-refractivity contribution in [3.8, 4) is 5.75 Å². The van der Waals surface area contributed by atoms with Crippen molar-refractivity contribution in [3.05, 3.63) is 53.9 Å². The molecule has 0 atom stereocenters. The molecule has 92 valence electrons. The molecule has 2 heterocycles. The first kappa shape index (κ1) is 11.1. The van der Waals surface area contributed by atoms with E-state index in [1.807, 2.05) is 12.1 Å². The van der Waals surface area contributed by atoms with Crippen molar-refractivity contribution in [2.75, 3.05) is 11.9 Å². The van der Waals surface area contributed by atoms with E-state index in [4.69, 9.17) is 4.74 Å². The highest BCUT2D eigenvalue weighted by Gasteiger charge is 2.12. The smallest absolute Gasteiger partial charge is 0.138 e. The molecule has 0 bridgehead atoms. The summed E-state index contributed by atoms with van der Waals surface area (Å²) in [4.78, 5) is 4.04. The third-order valence-electron chi connectivity index (χ3n) is 3.19. The minimum Gasteiger partial charge on any atom is -0.487 e. The van der Waals surface area contributed by atoms with Crippen LogP contribution in [-0.4, -0.2) is 11.5 Å². The molecule has 0 unspecified atom stereocenters. The van der Waals surface area contributed by atoms with Crippen LogP contribution in [0, 0.1) is 0 Å². The van der Waals surface area contributed by atoms with Gasteiger partial charge < -0.3 is 10.1 Å². The number of rotatable bonds is 3. The molecule has 3 nitrogen and oxygen atoms in total. The Morgan fingerprint density at radius 2 is 2.22 bits per heavy atom. The molecule has 0 fully saturated rings. The van der Waals surface area contributed by atoms with Gasteiger partial charge in [-0.1, -0.05) is 18.2 Å². The SMILES string of the molecule is c1cncc(OCc2cccc3c2NCCC3)c1. The van der Waals surface area contributed by atoms with Crippen LogP contribution in [0.5, 0.6) is 5.75 Å². The lowest BCUT2D eigenvalue weighted by atomic mass is 10.00. The van der Waals surface area contributed by atoms with Crippen molar-refractivity contribution >= 4 is 5.69 Å². The van der Waals surface area contributed by atoms with Crippen LogP contribution in [0.4, 0.5) is 5.69 Å². The zero-order valence-corrected chi connectivity index (χ0v) is 10.2. The van der Waals surface area contributed by atoms with Gasteiger partial charge >= 0.3 is 0 Å². The summed E-state index contributed by atoms with van der Waals surface area (Å²) >= 11 is 0. The second-order valence-corrected chi connectivity index (χ2v) is 4.46. The number of fused-ring (bicyclic) bond motifs is 1. The number of nitrogens with zero attached hydrogens (tertiary/aromatic N) is 1. The zero-order valence-electron chi connectivity index (χ0n) is 10.2. The van der Waals surface area contributed by atoms with E-state index in [0.29, 0.717) is 6.61 Å². The Labute approximate surface area is 107 Å². The molecule has 2 aromatic rings. The lowest BCUT2D eigenvalue weighted by Crippen LogP contribution is -2.14. The minimum absolute atomic E-state index is 0.585. The Morgan fingerprint density at radius 1 is 1.22 bits per heavy atom. The van der Waals surface area contributed by atoms with Crippen molar-refractivity contribution in [2.24, 2.45) is 0 Å². The zero-order chi connectivity index (χ0) is 12.2. The monoisotopic (exact) mass is 240 g/mol. The van der Waals surface area contributed by atoms with Gasteiger partial charge in [-0.3, -0.25) is 4.98 Å². The Morgan fingerprint density at radius 3 is 3.11 bits per heavy atom. The van der Waals surface area contributed by atoms with Crippen LogP contribution >= 0.6 is 0 Å². The molecule has 1 N–H and O–H groups in total. The maximum absolute atomic E-state index is 5.76. The summed E-state index contributed by atoms with van der Waals surface area (Å²) in [5.74, 6) is 0.811. The van der Waals surface area contributed by atoms with E-state index in [2.05, 4.69) is 28.5 Å². The molecule has 0 aliphatic carbocycles. The van der Waals surface area contributed by atoms with Crippen molar-refractivity contribution < 1.29 is 4.74 Å². The maximum atomic E-state index is 5.76. The molecule has 0 radical (unpaired) electrons. The molecular weight excluding hydrogens is 224 g/mol. The summed E-state index contributed by atoms with van der Waals surface area (Å²) < 4.78 is 5.76. The maximum Gasteiger partial charge on any atom is 0.138 e. The van der Waals surface area contributed by atoms with Gasteiger partial charge in [-0.25, -0.2) is 0 Å². The number of aromatic nitrogens is 1. The standard InChI is InChI=1S/C15H16N2O/c1-4-12-6-2-9-17-15(12)13(5-1)11-18-14-7-3-8-16-10-14/h1,3-5,7-8,10,17H,2,6,9,11H2. The third-order valence-corrected chi connectivity index (χ3v) is 3.19. The predicted octanol–water partition coefficient (Wildman–Crippen LogP) is 3.02. The summed E-state index contributed by atoms with van der Waals surface area (Å²) in [5, 5.41) is 3.47. The normalized spacial score (nSPS) is 13.6. The summed E-state index contributed by atoms with van der Waals surface area (Å²) in [6, 6.07) is 10.2. The first-order chi connectivity index (χ1) is 8.93. The van der Waals surface area contributed by atoms with E-state index in [-0.39, 0.29) is 0 Å². The number of ether oxygens (including phenoxy) is 1. The van der Waals surface area contributed by atoms with Gasteiger partial charge in [0.1, 0.15) is 12.4 Å². The fourth-order valence-electron chi connectivity index (χ4n) is 2.29. The van der Waals surface area contributed by atoms with Gasteiger partial charge in [-0.05, 0) is 30.5 Å². The van der Waals surface area contributed by atoms with E-state index in [9.17, 15) is 0 Å². The number of aryl methyl sites for hydroxylation is 1. The average molecular weight is 240 g/mol. The molecule has 1 aliphatic rings. The van der Waals surface area contributed by atoms with Crippen LogP contribution in [0.25, 0.3) is 0 Å². The van der Waals surface area contributed by atoms with E-state index >= 15 is 0 Å². The number of hydrogen-bond acceptors (Lipinski definition) is 3. The first-order valence-corrected chi connectivity index (χ1v) is 6.31. The lowest BCUT2D eigenvalue weighted by Gasteiger charge is -2.21. The highest BCUT2D eigenvalue weighted by atomic mass is 16.5. The molecule has 1 aromatic heterocycles. The summed E-state index contributed by atoms with van der Waals surface area (Å²) in [6.07, 6.45) is 5.85. The molecule has 3 heteroatoms. The number of nitrogens with one attached hydrogen (secondary N) is 1. The van der Waals surface area contributed by atoms with Gasteiger partial charge in [0.25, 0.3) is 0 Å². The topological polar surface area (TPSA) is 34.1 Å². The van der Waals surface area contributed by atoms with Crippen LogP contribution in [0.1, 0.15) is 17.5 Å². The quantitative estimate of drug-likeness (QED) is 0.895. The van der Waals surface area contributed by atoms with Gasteiger partial charge in [0.05, 0.1) is 6.20 Å². The summed E-state index contributed by atoms with van der Waals surface area (Å²) in [5.41, 5.74) is 3.87. The van der Waals surface area contributed by atoms with Gasteiger partial charge in [0.15, 0.2) is 0 Å². The summed E-state index contributed by atoms with van der Waals surface area (Å²) in [7, 11) is 0. The molecule has 0 amide bonds. The van der Waals surface area contributed by atoms with Gasteiger partial charge in [-0.15, -0.1) is 0 Å². The third kappa shape index (κ3) is 2.30. The molecular formula is C15H16N2O. The molecule has 3 rings (SSSR count). The molecule has 1 aromatic carbocycles. The average Bonchev–Trinajstić information content (AvgIpc) is 2.46. The van der Waals surface area contributed by atoms with E-state index in [1.54, 1.807) is 12.4 Å². The summed E-state index contributed by atoms with van der Waals surface area (Å²) in [6.45, 7) is 1.64. The van der Waals surface area contributed by atoms with Crippen LogP contribution in [0.2, 0.25) is 0 Å². The number of hydrogen-bond donors (Lipinski definition) is 1. The van der Waals surface area contributed by atoms with Crippen LogP contribution in [-0.2, 0) is 13.0 Å². The number of pyridine rings is 1. The highest BCUT2D eigenvalue weighted by molar-refractivity contribution is 5.59. The fraction of sp³-hybridized carbons (Fsp3) is 0.267. The molecule has 18 heavy (non-hydrogen) atoms. The van der Waals surface area contributed by atoms with Crippen molar-refractivity contribution in [1.82, 2.24) is 4.98 Å². The van der Waals surface area contributed by atoms with E-state index in [0.717, 1.165) is 18.7 Å². The van der Waals surface area contributed by atoms with Crippen LogP contribution in [0.15, 0.2) is 42.7 Å². The minimum atomic E-state index is 0.585. The Bertz CT molecular complexity index is 525. The van der Waals surface area contributed by atoms with Crippen LogP contribution in [0.3, 0.4) is 0 Å². The molecule has 0 saturated heterocycles. The van der Waals surface area contributed by atoms with Crippen molar-refractivity contribution in [2.45, 2.75) is 19.4 Å². The molecule has 0 saturated carbocycles. The van der Waals surface area contributed by atoms with Crippen molar-refractivity contribution in [1.29, 1.82) is 0 Å². The Hall–Kier alpha value is -2.03. The van der Waals surface area contributed by atoms with E-state index in [1.165, 1.54) is 23.2 Å².